The topological polar surface area (TPSA) is 90.0 Å². The minimum atomic E-state index is -3.80. The molecule has 0 radical (unpaired) electrons. The molecule has 4 rings (SSSR count). The van der Waals surface area contributed by atoms with E-state index in [-0.39, 0.29) is 29.3 Å². The molecule has 0 unspecified atom stereocenters. The number of carbonyl (C=O) groups is 2. The summed E-state index contributed by atoms with van der Waals surface area (Å²) in [7, 11) is -3.80. The van der Waals surface area contributed by atoms with E-state index in [1.807, 2.05) is 12.1 Å². The molecular formula is C25H28BrNO6S. The van der Waals surface area contributed by atoms with Gasteiger partial charge in [-0.05, 0) is 58.5 Å². The number of morpholine rings is 1. The lowest BCUT2D eigenvalue weighted by molar-refractivity contribution is 0.0474. The summed E-state index contributed by atoms with van der Waals surface area (Å²) < 4.78 is 38.1. The molecule has 182 valence electrons. The van der Waals surface area contributed by atoms with Crippen molar-refractivity contribution in [2.24, 2.45) is 0 Å². The normalized spacial score (nSPS) is 17.9. The second-order valence-electron chi connectivity index (χ2n) is 8.62. The van der Waals surface area contributed by atoms with Crippen LogP contribution in [0.25, 0.3) is 0 Å². The fourth-order valence-electron chi connectivity index (χ4n) is 4.43. The molecule has 34 heavy (non-hydrogen) atoms. The number of nitrogens with zero attached hydrogens (tertiary/aromatic N) is 1. The van der Waals surface area contributed by atoms with Crippen LogP contribution in [0.2, 0.25) is 0 Å². The smallest absolute Gasteiger partial charge is 0.338 e. The molecule has 0 bridgehead atoms. The number of hydrogen-bond donors (Lipinski definition) is 0. The van der Waals surface area contributed by atoms with E-state index in [0.717, 1.165) is 0 Å². The van der Waals surface area contributed by atoms with E-state index in [0.29, 0.717) is 29.2 Å². The molecule has 2 aromatic rings. The fourth-order valence-corrected chi connectivity index (χ4v) is 6.79. The molecule has 0 amide bonds. The number of esters is 1. The number of ketones is 1. The third-order valence-electron chi connectivity index (χ3n) is 6.40. The average molecular weight is 550 g/mol. The first-order chi connectivity index (χ1) is 16.4. The van der Waals surface area contributed by atoms with Crippen LogP contribution in [-0.4, -0.2) is 57.4 Å². The van der Waals surface area contributed by atoms with Crippen LogP contribution in [0.5, 0.6) is 0 Å². The van der Waals surface area contributed by atoms with Crippen LogP contribution in [0.3, 0.4) is 0 Å². The molecule has 2 fully saturated rings. The number of carbonyl (C=O) groups excluding carboxylic acids is 2. The number of hydrogen-bond acceptors (Lipinski definition) is 6. The van der Waals surface area contributed by atoms with Crippen LogP contribution in [0, 0.1) is 0 Å². The number of ether oxygens (including phenoxy) is 2. The highest BCUT2D eigenvalue weighted by Crippen LogP contribution is 2.32. The van der Waals surface area contributed by atoms with Crippen molar-refractivity contribution in [1.82, 2.24) is 4.31 Å². The summed E-state index contributed by atoms with van der Waals surface area (Å²) in [6.07, 6.45) is 6.14. The van der Waals surface area contributed by atoms with Gasteiger partial charge in [-0.3, -0.25) is 4.79 Å². The highest BCUT2D eigenvalue weighted by atomic mass is 79.9. The molecule has 0 spiro atoms. The van der Waals surface area contributed by atoms with Crippen LogP contribution in [0.4, 0.5) is 0 Å². The van der Waals surface area contributed by atoms with Gasteiger partial charge in [-0.15, -0.1) is 0 Å². The molecule has 1 aliphatic heterocycles. The largest absolute Gasteiger partial charge is 0.454 e. The standard InChI is InChI=1S/C25H28BrNO6S/c26-22-11-10-21(16-24(22)34(30,31)27-12-14-32-15-13-27)25(29)33-17-23(28)20-8-6-19(7-9-20)18-4-2-1-3-5-18/h6-11,16,18H,1-5,12-15,17H2. The minimum absolute atomic E-state index is 0.0199. The lowest BCUT2D eigenvalue weighted by Gasteiger charge is -2.26. The molecule has 2 aliphatic rings. The van der Waals surface area contributed by atoms with Crippen molar-refractivity contribution in [1.29, 1.82) is 0 Å². The zero-order valence-corrected chi connectivity index (χ0v) is 21.3. The van der Waals surface area contributed by atoms with Crippen LogP contribution in [0.15, 0.2) is 51.8 Å². The molecule has 1 heterocycles. The third kappa shape index (κ3) is 5.76. The van der Waals surface area contributed by atoms with Gasteiger partial charge < -0.3 is 9.47 Å². The maximum atomic E-state index is 13.0. The first-order valence-corrected chi connectivity index (χ1v) is 13.8. The molecule has 0 N–H and O–H groups in total. The predicted molar refractivity (Wildman–Crippen MR) is 131 cm³/mol. The second-order valence-corrected chi connectivity index (χ2v) is 11.4. The van der Waals surface area contributed by atoms with E-state index in [1.54, 1.807) is 12.1 Å². The Labute approximate surface area is 208 Å². The summed E-state index contributed by atoms with van der Waals surface area (Å²) in [5.41, 5.74) is 1.80. The fraction of sp³-hybridized carbons (Fsp3) is 0.440. The molecule has 0 aromatic heterocycles. The highest BCUT2D eigenvalue weighted by molar-refractivity contribution is 9.10. The van der Waals surface area contributed by atoms with E-state index in [4.69, 9.17) is 9.47 Å². The maximum absolute atomic E-state index is 13.0. The highest BCUT2D eigenvalue weighted by Gasteiger charge is 2.29. The number of benzene rings is 2. The first-order valence-electron chi connectivity index (χ1n) is 11.5. The average Bonchev–Trinajstić information content (AvgIpc) is 2.88. The van der Waals surface area contributed by atoms with Gasteiger partial charge >= 0.3 is 5.97 Å². The Morgan fingerprint density at radius 3 is 2.29 bits per heavy atom. The summed E-state index contributed by atoms with van der Waals surface area (Å²) in [6, 6.07) is 11.8. The van der Waals surface area contributed by atoms with Gasteiger partial charge in [0.05, 0.1) is 23.7 Å². The van der Waals surface area contributed by atoms with Crippen molar-refractivity contribution in [3.8, 4) is 0 Å². The Morgan fingerprint density at radius 1 is 0.971 bits per heavy atom. The van der Waals surface area contributed by atoms with Crippen LogP contribution >= 0.6 is 15.9 Å². The molecule has 1 aliphatic carbocycles. The lowest BCUT2D eigenvalue weighted by Crippen LogP contribution is -2.40. The second kappa shape index (κ2) is 11.1. The monoisotopic (exact) mass is 549 g/mol. The molecule has 1 saturated heterocycles. The molecule has 9 heteroatoms. The first kappa shape index (κ1) is 25.0. The van der Waals surface area contributed by atoms with Gasteiger partial charge in [0.2, 0.25) is 10.0 Å². The van der Waals surface area contributed by atoms with Crippen LogP contribution in [0.1, 0.15) is 64.3 Å². The quantitative estimate of drug-likeness (QED) is 0.371. The molecule has 7 nitrogen and oxygen atoms in total. The number of sulfonamides is 1. The van der Waals surface area contributed by atoms with Crippen molar-refractivity contribution >= 4 is 37.7 Å². The van der Waals surface area contributed by atoms with Crippen molar-refractivity contribution in [3.05, 3.63) is 63.6 Å². The Balaban J connectivity index is 1.40. The van der Waals surface area contributed by atoms with Crippen molar-refractivity contribution in [2.75, 3.05) is 32.9 Å². The van der Waals surface area contributed by atoms with Crippen molar-refractivity contribution in [3.63, 3.8) is 0 Å². The Bertz CT molecular complexity index is 1140. The molecule has 0 atom stereocenters. The molecule has 2 aromatic carbocycles. The Hall–Kier alpha value is -2.07. The van der Waals surface area contributed by atoms with Crippen molar-refractivity contribution in [2.45, 2.75) is 42.9 Å². The minimum Gasteiger partial charge on any atom is -0.454 e. The van der Waals surface area contributed by atoms with Crippen LogP contribution < -0.4 is 0 Å². The van der Waals surface area contributed by atoms with Crippen LogP contribution in [-0.2, 0) is 19.5 Å². The zero-order valence-electron chi connectivity index (χ0n) is 18.9. The zero-order chi connectivity index (χ0) is 24.1. The number of Topliss-reactive ketones (excluding diaryl/α,β-unsaturated/α-hetero) is 1. The van der Waals surface area contributed by atoms with E-state index < -0.39 is 22.6 Å². The SMILES string of the molecule is O=C(COC(=O)c1ccc(Br)c(S(=O)(=O)N2CCOCC2)c1)c1ccc(C2CCCCC2)cc1. The molecular weight excluding hydrogens is 522 g/mol. The van der Waals surface area contributed by atoms with Gasteiger partial charge in [0.25, 0.3) is 0 Å². The number of rotatable bonds is 7. The summed E-state index contributed by atoms with van der Waals surface area (Å²) in [6.45, 7) is 0.725. The van der Waals surface area contributed by atoms with Gasteiger partial charge in [0.15, 0.2) is 12.4 Å². The van der Waals surface area contributed by atoms with E-state index in [2.05, 4.69) is 15.9 Å². The van der Waals surface area contributed by atoms with Gasteiger partial charge in [0, 0.05) is 23.1 Å². The number of halogens is 1. The predicted octanol–water partition coefficient (Wildman–Crippen LogP) is 4.56. The summed E-state index contributed by atoms with van der Waals surface area (Å²) in [5.74, 6) is -0.504. The van der Waals surface area contributed by atoms with Gasteiger partial charge in [-0.1, -0.05) is 43.5 Å². The Morgan fingerprint density at radius 2 is 1.62 bits per heavy atom. The van der Waals surface area contributed by atoms with E-state index >= 15 is 0 Å². The van der Waals surface area contributed by atoms with Gasteiger partial charge in [-0.2, -0.15) is 4.31 Å². The van der Waals surface area contributed by atoms with E-state index in [1.165, 1.54) is 60.2 Å². The summed E-state index contributed by atoms with van der Waals surface area (Å²) in [5, 5.41) is 0. The van der Waals surface area contributed by atoms with Gasteiger partial charge in [0.1, 0.15) is 0 Å². The Kier molecular flexibility index (Phi) is 8.18. The summed E-state index contributed by atoms with van der Waals surface area (Å²) >= 11 is 3.27. The lowest BCUT2D eigenvalue weighted by atomic mass is 9.84. The molecule has 1 saturated carbocycles. The maximum Gasteiger partial charge on any atom is 0.338 e. The van der Waals surface area contributed by atoms with E-state index in [9.17, 15) is 18.0 Å². The third-order valence-corrected chi connectivity index (χ3v) is 9.29. The summed E-state index contributed by atoms with van der Waals surface area (Å²) in [4.78, 5) is 25.1. The van der Waals surface area contributed by atoms with Gasteiger partial charge in [-0.25, -0.2) is 13.2 Å². The van der Waals surface area contributed by atoms with Crippen molar-refractivity contribution < 1.29 is 27.5 Å².